The van der Waals surface area contributed by atoms with Crippen molar-refractivity contribution in [1.82, 2.24) is 4.98 Å². The lowest BCUT2D eigenvalue weighted by Crippen LogP contribution is -2.39. The zero-order chi connectivity index (χ0) is 17.1. The summed E-state index contributed by atoms with van der Waals surface area (Å²) >= 11 is 0. The Labute approximate surface area is 148 Å². The number of amides is 1. The number of rotatable bonds is 4. The summed E-state index contributed by atoms with van der Waals surface area (Å²) < 4.78 is 5.50. The molecule has 2 heterocycles. The molecular weight excluding hydrogens is 312 g/mol. The molecular formula is C21H24N2O2. The van der Waals surface area contributed by atoms with Crippen molar-refractivity contribution in [1.29, 1.82) is 0 Å². The van der Waals surface area contributed by atoms with E-state index in [2.05, 4.69) is 11.1 Å². The van der Waals surface area contributed by atoms with E-state index in [1.54, 1.807) is 6.20 Å². The van der Waals surface area contributed by atoms with Crippen LogP contribution < -0.4 is 4.90 Å². The van der Waals surface area contributed by atoms with Crippen LogP contribution in [0.25, 0.3) is 0 Å². The first-order valence-corrected chi connectivity index (χ1v) is 9.25. The van der Waals surface area contributed by atoms with Gasteiger partial charge in [-0.2, -0.15) is 0 Å². The number of pyridine rings is 1. The first kappa shape index (κ1) is 16.3. The van der Waals surface area contributed by atoms with Crippen LogP contribution in [0, 0.1) is 0 Å². The molecule has 1 atom stereocenters. The molecule has 4 nitrogen and oxygen atoms in total. The van der Waals surface area contributed by atoms with Gasteiger partial charge in [0.05, 0.1) is 6.61 Å². The number of benzene rings is 1. The molecule has 1 amide bonds. The van der Waals surface area contributed by atoms with Crippen LogP contribution in [0.1, 0.15) is 53.9 Å². The van der Waals surface area contributed by atoms with Crippen LogP contribution in [0.5, 0.6) is 0 Å². The van der Waals surface area contributed by atoms with Gasteiger partial charge in [-0.3, -0.25) is 9.69 Å². The van der Waals surface area contributed by atoms with E-state index >= 15 is 0 Å². The van der Waals surface area contributed by atoms with Gasteiger partial charge in [-0.25, -0.2) is 4.98 Å². The number of aromatic nitrogens is 1. The third kappa shape index (κ3) is 3.45. The summed E-state index contributed by atoms with van der Waals surface area (Å²) in [6.45, 7) is 1.56. The molecule has 1 aliphatic heterocycles. The Morgan fingerprint density at radius 3 is 2.68 bits per heavy atom. The largest absolute Gasteiger partial charge is 0.381 e. The number of carbonyl (C=O) groups is 1. The fourth-order valence-electron chi connectivity index (χ4n) is 3.98. The van der Waals surface area contributed by atoms with Gasteiger partial charge in [0.1, 0.15) is 5.82 Å². The van der Waals surface area contributed by atoms with Gasteiger partial charge >= 0.3 is 0 Å². The van der Waals surface area contributed by atoms with Crippen molar-refractivity contribution in [2.45, 2.75) is 44.1 Å². The van der Waals surface area contributed by atoms with E-state index in [-0.39, 0.29) is 11.9 Å². The Morgan fingerprint density at radius 1 is 1.08 bits per heavy atom. The van der Waals surface area contributed by atoms with E-state index in [0.717, 1.165) is 43.9 Å². The highest BCUT2D eigenvalue weighted by molar-refractivity contribution is 6.06. The predicted molar refractivity (Wildman–Crippen MR) is 97.9 cm³/mol. The molecule has 0 N–H and O–H groups in total. The van der Waals surface area contributed by atoms with Crippen LogP contribution in [0.3, 0.4) is 0 Å². The Bertz CT molecular complexity index is 720. The van der Waals surface area contributed by atoms with Crippen molar-refractivity contribution in [2.75, 3.05) is 18.1 Å². The van der Waals surface area contributed by atoms with Gasteiger partial charge in [0.25, 0.3) is 5.91 Å². The van der Waals surface area contributed by atoms with Crippen molar-refractivity contribution < 1.29 is 9.53 Å². The van der Waals surface area contributed by atoms with E-state index in [9.17, 15) is 4.79 Å². The lowest BCUT2D eigenvalue weighted by atomic mass is 9.96. The second kappa shape index (κ2) is 7.36. The molecule has 1 saturated heterocycles. The number of nitrogens with zero attached hydrogens (tertiary/aromatic N) is 2. The van der Waals surface area contributed by atoms with Crippen LogP contribution in [0.2, 0.25) is 0 Å². The van der Waals surface area contributed by atoms with Crippen molar-refractivity contribution in [2.24, 2.45) is 0 Å². The van der Waals surface area contributed by atoms with E-state index < -0.39 is 0 Å². The summed E-state index contributed by atoms with van der Waals surface area (Å²) in [6.07, 6.45) is 7.26. The highest BCUT2D eigenvalue weighted by Gasteiger charge is 2.30. The van der Waals surface area contributed by atoms with E-state index in [4.69, 9.17) is 4.74 Å². The summed E-state index contributed by atoms with van der Waals surface area (Å²) in [4.78, 5) is 19.7. The molecule has 0 bridgehead atoms. The summed E-state index contributed by atoms with van der Waals surface area (Å²) in [7, 11) is 0. The number of hydrogen-bond acceptors (Lipinski definition) is 3. The average molecular weight is 336 g/mol. The maximum atomic E-state index is 13.4. The molecule has 1 aromatic carbocycles. The first-order chi connectivity index (χ1) is 12.3. The molecule has 4 heteroatoms. The Kier molecular flexibility index (Phi) is 4.79. The summed E-state index contributed by atoms with van der Waals surface area (Å²) in [5.74, 6) is 1.22. The smallest absolute Gasteiger partial charge is 0.259 e. The normalized spacial score (nSPS) is 20.7. The van der Waals surface area contributed by atoms with Gasteiger partial charge in [-0.05, 0) is 49.1 Å². The van der Waals surface area contributed by atoms with Crippen LogP contribution in [0.4, 0.5) is 5.82 Å². The highest BCUT2D eigenvalue weighted by atomic mass is 16.5. The third-order valence-corrected chi connectivity index (χ3v) is 5.34. The maximum absolute atomic E-state index is 13.4. The fraction of sp³-hybridized carbons (Fsp3) is 0.429. The Balaban J connectivity index is 1.65. The van der Waals surface area contributed by atoms with Gasteiger partial charge in [0.2, 0.25) is 0 Å². The minimum absolute atomic E-state index is 0.0614. The van der Waals surface area contributed by atoms with Gasteiger partial charge < -0.3 is 4.74 Å². The van der Waals surface area contributed by atoms with E-state index in [1.165, 1.54) is 18.4 Å². The van der Waals surface area contributed by atoms with Crippen LogP contribution in [-0.2, 0) is 4.74 Å². The molecule has 130 valence electrons. The Morgan fingerprint density at radius 2 is 1.96 bits per heavy atom. The van der Waals surface area contributed by atoms with Crippen molar-refractivity contribution >= 4 is 11.7 Å². The molecule has 0 unspecified atom stereocenters. The second-order valence-electron chi connectivity index (χ2n) is 6.99. The van der Waals surface area contributed by atoms with Gasteiger partial charge in [-0.1, -0.05) is 31.0 Å². The molecule has 1 aromatic heterocycles. The van der Waals surface area contributed by atoms with Crippen molar-refractivity contribution in [3.05, 3.63) is 59.8 Å². The molecule has 2 aromatic rings. The molecule has 1 saturated carbocycles. The SMILES string of the molecule is O=C(c1cccc([C@H]2CCOC2)c1)N(c1ccccn1)C1CCCC1. The van der Waals surface area contributed by atoms with Gasteiger partial charge in [0, 0.05) is 30.3 Å². The predicted octanol–water partition coefficient (Wildman–Crippen LogP) is 4.17. The number of carbonyl (C=O) groups excluding carboxylic acids is 1. The van der Waals surface area contributed by atoms with Crippen LogP contribution in [0.15, 0.2) is 48.7 Å². The topological polar surface area (TPSA) is 42.4 Å². The number of anilines is 1. The third-order valence-electron chi connectivity index (χ3n) is 5.34. The summed E-state index contributed by atoms with van der Waals surface area (Å²) in [5.41, 5.74) is 1.96. The lowest BCUT2D eigenvalue weighted by Gasteiger charge is -2.28. The van der Waals surface area contributed by atoms with Gasteiger partial charge in [0.15, 0.2) is 0 Å². The molecule has 1 aliphatic carbocycles. The molecule has 0 spiro atoms. The Hall–Kier alpha value is -2.20. The number of hydrogen-bond donors (Lipinski definition) is 0. The first-order valence-electron chi connectivity index (χ1n) is 9.25. The molecule has 0 radical (unpaired) electrons. The molecule has 2 fully saturated rings. The minimum Gasteiger partial charge on any atom is -0.381 e. The van der Waals surface area contributed by atoms with Gasteiger partial charge in [-0.15, -0.1) is 0 Å². The van der Waals surface area contributed by atoms with Crippen molar-refractivity contribution in [3.63, 3.8) is 0 Å². The second-order valence-corrected chi connectivity index (χ2v) is 6.99. The standard InChI is InChI=1S/C21H24N2O2/c24-21(17-7-5-6-16(14-17)18-11-13-25-15-18)23(19-8-1-2-9-19)20-10-3-4-12-22-20/h3-7,10,12,14,18-19H,1-2,8-9,11,13,15H2/t18-/m0/s1. The summed E-state index contributed by atoms with van der Waals surface area (Å²) in [6, 6.07) is 14.1. The fourth-order valence-corrected chi connectivity index (χ4v) is 3.98. The lowest BCUT2D eigenvalue weighted by molar-refractivity contribution is 0.0976. The zero-order valence-electron chi connectivity index (χ0n) is 14.4. The van der Waals surface area contributed by atoms with Crippen molar-refractivity contribution in [3.8, 4) is 0 Å². The van der Waals surface area contributed by atoms with E-state index in [1.807, 2.05) is 41.3 Å². The van der Waals surface area contributed by atoms with E-state index in [0.29, 0.717) is 5.92 Å². The number of ether oxygens (including phenoxy) is 1. The highest BCUT2D eigenvalue weighted by Crippen LogP contribution is 2.30. The van der Waals surface area contributed by atoms with Crippen LogP contribution in [-0.4, -0.2) is 30.1 Å². The average Bonchev–Trinajstić information content (AvgIpc) is 3.37. The summed E-state index contributed by atoms with van der Waals surface area (Å²) in [5, 5.41) is 0. The monoisotopic (exact) mass is 336 g/mol. The quantitative estimate of drug-likeness (QED) is 0.841. The molecule has 2 aliphatic rings. The molecule has 25 heavy (non-hydrogen) atoms. The molecule has 4 rings (SSSR count). The minimum atomic E-state index is 0.0614. The maximum Gasteiger partial charge on any atom is 0.259 e. The zero-order valence-corrected chi connectivity index (χ0v) is 14.4. The van der Waals surface area contributed by atoms with Crippen LogP contribution >= 0.6 is 0 Å².